The van der Waals surface area contributed by atoms with Crippen LogP contribution in [0, 0.1) is 11.7 Å². The van der Waals surface area contributed by atoms with E-state index in [1.54, 1.807) is 0 Å². The molecule has 2 nitrogen and oxygen atoms in total. The molecule has 0 amide bonds. The second-order valence-corrected chi connectivity index (χ2v) is 5.11. The summed E-state index contributed by atoms with van der Waals surface area (Å²) in [5.74, 6) is 0.959. The van der Waals surface area contributed by atoms with Crippen molar-refractivity contribution in [1.29, 1.82) is 0 Å². The zero-order valence-electron chi connectivity index (χ0n) is 11.0. The Morgan fingerprint density at radius 2 is 2.06 bits per heavy atom. The van der Waals surface area contributed by atoms with Crippen LogP contribution in [0.15, 0.2) is 18.2 Å². The topological polar surface area (TPSA) is 35.2 Å². The van der Waals surface area contributed by atoms with Gasteiger partial charge in [-0.15, -0.1) is 0 Å². The monoisotopic (exact) mass is 251 g/mol. The number of ether oxygens (including phenoxy) is 1. The highest BCUT2D eigenvalue weighted by molar-refractivity contribution is 5.29. The van der Waals surface area contributed by atoms with Crippen molar-refractivity contribution in [3.63, 3.8) is 0 Å². The van der Waals surface area contributed by atoms with E-state index in [-0.39, 0.29) is 11.9 Å². The van der Waals surface area contributed by atoms with E-state index < -0.39 is 0 Å². The maximum atomic E-state index is 13.4. The van der Waals surface area contributed by atoms with Crippen LogP contribution in [0.4, 0.5) is 4.39 Å². The molecule has 2 unspecified atom stereocenters. The smallest absolute Gasteiger partial charge is 0.127 e. The van der Waals surface area contributed by atoms with Gasteiger partial charge in [-0.2, -0.15) is 0 Å². The summed E-state index contributed by atoms with van der Waals surface area (Å²) in [6, 6.07) is 4.77. The molecule has 2 N–H and O–H groups in total. The summed E-state index contributed by atoms with van der Waals surface area (Å²) < 4.78 is 19.4. The Kier molecular flexibility index (Phi) is 4.59. The molecule has 0 spiro atoms. The highest BCUT2D eigenvalue weighted by atomic mass is 19.1. The molecular weight excluding hydrogens is 229 g/mol. The van der Waals surface area contributed by atoms with Gasteiger partial charge in [0, 0.05) is 12.6 Å². The zero-order chi connectivity index (χ0) is 13.0. The van der Waals surface area contributed by atoms with E-state index >= 15 is 0 Å². The lowest BCUT2D eigenvalue weighted by Gasteiger charge is -2.31. The lowest BCUT2D eigenvalue weighted by Crippen LogP contribution is -2.30. The van der Waals surface area contributed by atoms with Crippen molar-refractivity contribution in [3.05, 3.63) is 29.6 Å². The summed E-state index contributed by atoms with van der Waals surface area (Å²) in [7, 11) is 0. The van der Waals surface area contributed by atoms with E-state index in [0.717, 1.165) is 18.4 Å². The molecule has 2 rings (SSSR count). The van der Waals surface area contributed by atoms with Gasteiger partial charge in [0.25, 0.3) is 0 Å². The Morgan fingerprint density at radius 1 is 1.28 bits per heavy atom. The first kappa shape index (κ1) is 13.3. The molecule has 1 fully saturated rings. The van der Waals surface area contributed by atoms with Gasteiger partial charge in [-0.1, -0.05) is 13.3 Å². The molecule has 1 aromatic rings. The molecular formula is C15H22FNO. The van der Waals surface area contributed by atoms with Crippen LogP contribution < -0.4 is 10.5 Å². The molecule has 0 saturated heterocycles. The summed E-state index contributed by atoms with van der Waals surface area (Å²) in [5.41, 5.74) is 6.34. The summed E-state index contributed by atoms with van der Waals surface area (Å²) in [6.07, 6.45) is 6.16. The van der Waals surface area contributed by atoms with Gasteiger partial charge in [0.1, 0.15) is 17.7 Å². The SMILES string of the molecule is CCC1CCCCC1Oc1cc(F)cc(CN)c1. The van der Waals surface area contributed by atoms with Crippen LogP contribution >= 0.6 is 0 Å². The molecule has 3 heteroatoms. The average Bonchev–Trinajstić information content (AvgIpc) is 2.38. The largest absolute Gasteiger partial charge is 0.490 e. The normalized spacial score (nSPS) is 23.9. The van der Waals surface area contributed by atoms with E-state index in [2.05, 4.69) is 6.92 Å². The standard InChI is InChI=1S/C15H22FNO/c1-2-12-5-3-4-6-15(12)18-14-8-11(10-17)7-13(16)9-14/h7-9,12,15H,2-6,10,17H2,1H3. The zero-order valence-corrected chi connectivity index (χ0v) is 11.0. The fraction of sp³-hybridized carbons (Fsp3) is 0.600. The number of rotatable bonds is 4. The lowest BCUT2D eigenvalue weighted by molar-refractivity contribution is 0.0900. The van der Waals surface area contributed by atoms with E-state index in [4.69, 9.17) is 10.5 Å². The summed E-state index contributed by atoms with van der Waals surface area (Å²) in [4.78, 5) is 0. The third-order valence-electron chi connectivity index (χ3n) is 3.82. The molecule has 1 saturated carbocycles. The molecule has 0 radical (unpaired) electrons. The Hall–Kier alpha value is -1.09. The molecule has 18 heavy (non-hydrogen) atoms. The van der Waals surface area contributed by atoms with Crippen molar-refractivity contribution < 1.29 is 9.13 Å². The van der Waals surface area contributed by atoms with Gasteiger partial charge in [0.15, 0.2) is 0 Å². The van der Waals surface area contributed by atoms with E-state index in [1.807, 2.05) is 6.07 Å². The third-order valence-corrected chi connectivity index (χ3v) is 3.82. The van der Waals surface area contributed by atoms with Gasteiger partial charge in [-0.3, -0.25) is 0 Å². The molecule has 1 aliphatic rings. The predicted molar refractivity (Wildman–Crippen MR) is 71.0 cm³/mol. The minimum atomic E-state index is -0.267. The van der Waals surface area contributed by atoms with Crippen LogP contribution in [-0.4, -0.2) is 6.10 Å². The van der Waals surface area contributed by atoms with Crippen molar-refractivity contribution in [2.75, 3.05) is 0 Å². The Morgan fingerprint density at radius 3 is 2.78 bits per heavy atom. The van der Waals surface area contributed by atoms with Gasteiger partial charge in [-0.25, -0.2) is 4.39 Å². The van der Waals surface area contributed by atoms with Gasteiger partial charge >= 0.3 is 0 Å². The van der Waals surface area contributed by atoms with Crippen molar-refractivity contribution >= 4 is 0 Å². The molecule has 0 bridgehead atoms. The first-order valence-corrected chi connectivity index (χ1v) is 6.89. The van der Waals surface area contributed by atoms with Crippen molar-refractivity contribution in [2.45, 2.75) is 51.7 Å². The third kappa shape index (κ3) is 3.22. The average molecular weight is 251 g/mol. The fourth-order valence-electron chi connectivity index (χ4n) is 2.78. The quantitative estimate of drug-likeness (QED) is 0.886. The van der Waals surface area contributed by atoms with Gasteiger partial charge in [-0.05, 0) is 49.3 Å². The summed E-state index contributed by atoms with van der Waals surface area (Å²) in [5, 5.41) is 0. The van der Waals surface area contributed by atoms with Crippen LogP contribution in [0.2, 0.25) is 0 Å². The van der Waals surface area contributed by atoms with Gasteiger partial charge in [0.2, 0.25) is 0 Å². The molecule has 0 aliphatic heterocycles. The Balaban J connectivity index is 2.09. The van der Waals surface area contributed by atoms with Gasteiger partial charge in [0.05, 0.1) is 0 Å². The minimum absolute atomic E-state index is 0.233. The maximum absolute atomic E-state index is 13.4. The molecule has 0 heterocycles. The first-order chi connectivity index (χ1) is 8.72. The fourth-order valence-corrected chi connectivity index (χ4v) is 2.78. The molecule has 2 atom stereocenters. The second kappa shape index (κ2) is 6.19. The maximum Gasteiger partial charge on any atom is 0.127 e. The van der Waals surface area contributed by atoms with E-state index in [1.165, 1.54) is 31.4 Å². The van der Waals surface area contributed by atoms with E-state index in [0.29, 0.717) is 18.2 Å². The van der Waals surface area contributed by atoms with Gasteiger partial charge < -0.3 is 10.5 Å². The van der Waals surface area contributed by atoms with Crippen LogP contribution in [-0.2, 0) is 6.54 Å². The van der Waals surface area contributed by atoms with Crippen LogP contribution in [0.25, 0.3) is 0 Å². The van der Waals surface area contributed by atoms with Crippen molar-refractivity contribution in [2.24, 2.45) is 11.7 Å². The first-order valence-electron chi connectivity index (χ1n) is 6.89. The molecule has 100 valence electrons. The lowest BCUT2D eigenvalue weighted by atomic mass is 9.85. The van der Waals surface area contributed by atoms with Crippen LogP contribution in [0.1, 0.15) is 44.6 Å². The highest BCUT2D eigenvalue weighted by Gasteiger charge is 2.25. The molecule has 1 aliphatic carbocycles. The number of benzene rings is 1. The number of halogens is 1. The van der Waals surface area contributed by atoms with Crippen molar-refractivity contribution in [3.8, 4) is 5.75 Å². The minimum Gasteiger partial charge on any atom is -0.490 e. The summed E-state index contributed by atoms with van der Waals surface area (Å²) in [6.45, 7) is 2.54. The predicted octanol–water partition coefficient (Wildman–Crippen LogP) is 3.63. The molecule has 1 aromatic carbocycles. The summed E-state index contributed by atoms with van der Waals surface area (Å²) >= 11 is 0. The Labute approximate surface area is 108 Å². The van der Waals surface area contributed by atoms with Crippen LogP contribution in [0.3, 0.4) is 0 Å². The van der Waals surface area contributed by atoms with E-state index in [9.17, 15) is 4.39 Å². The number of nitrogens with two attached hydrogens (primary N) is 1. The van der Waals surface area contributed by atoms with Crippen molar-refractivity contribution in [1.82, 2.24) is 0 Å². The van der Waals surface area contributed by atoms with Crippen LogP contribution in [0.5, 0.6) is 5.75 Å². The molecule has 0 aromatic heterocycles. The Bertz CT molecular complexity index is 394. The number of hydrogen-bond acceptors (Lipinski definition) is 2. The highest BCUT2D eigenvalue weighted by Crippen LogP contribution is 2.31. The number of hydrogen-bond donors (Lipinski definition) is 1. The second-order valence-electron chi connectivity index (χ2n) is 5.11.